The van der Waals surface area contributed by atoms with Gasteiger partial charge in [-0.05, 0) is 43.7 Å². The minimum Gasteiger partial charge on any atom is -0.330 e. The van der Waals surface area contributed by atoms with Gasteiger partial charge in [-0.15, -0.1) is 0 Å². The van der Waals surface area contributed by atoms with Crippen LogP contribution < -0.4 is 0 Å². The molecule has 1 unspecified atom stereocenters. The largest absolute Gasteiger partial charge is 0.330 e. The van der Waals surface area contributed by atoms with E-state index in [0.717, 1.165) is 34.4 Å². The molecule has 0 aliphatic carbocycles. The van der Waals surface area contributed by atoms with Gasteiger partial charge in [-0.25, -0.2) is 0 Å². The Morgan fingerprint density at radius 3 is 2.72 bits per heavy atom. The van der Waals surface area contributed by atoms with Gasteiger partial charge in [0, 0.05) is 55.1 Å². The van der Waals surface area contributed by atoms with Crippen molar-refractivity contribution < 1.29 is 4.79 Å². The molecular weight excluding hydrogens is 364 g/mol. The van der Waals surface area contributed by atoms with Gasteiger partial charge in [-0.2, -0.15) is 5.10 Å². The van der Waals surface area contributed by atoms with Crippen LogP contribution in [-0.4, -0.2) is 42.1 Å². The number of nitrogens with zero attached hydrogens (tertiary/aromatic N) is 6. The average Bonchev–Trinajstić information content (AvgIpc) is 3.10. The van der Waals surface area contributed by atoms with Crippen molar-refractivity contribution in [2.45, 2.75) is 19.4 Å². The van der Waals surface area contributed by atoms with Crippen LogP contribution in [0.3, 0.4) is 0 Å². The molecule has 29 heavy (non-hydrogen) atoms. The zero-order valence-electron chi connectivity index (χ0n) is 16.3. The molecule has 7 heteroatoms. The van der Waals surface area contributed by atoms with Gasteiger partial charge in [0.1, 0.15) is 0 Å². The number of pyridine rings is 1. The molecule has 1 atom stereocenters. The maximum atomic E-state index is 13.3. The number of hydrogen-bond acceptors (Lipinski definition) is 5. The number of aromatic nitrogens is 5. The molecule has 4 aromatic rings. The second kappa shape index (κ2) is 6.77. The van der Waals surface area contributed by atoms with Crippen molar-refractivity contribution in [2.24, 2.45) is 7.05 Å². The normalized spacial score (nSPS) is 16.1. The summed E-state index contributed by atoms with van der Waals surface area (Å²) in [6.07, 6.45) is 7.68. The van der Waals surface area contributed by atoms with E-state index in [1.54, 1.807) is 18.6 Å². The molecule has 0 spiro atoms. The van der Waals surface area contributed by atoms with Crippen LogP contribution in [0.4, 0.5) is 0 Å². The van der Waals surface area contributed by atoms with Crippen molar-refractivity contribution in [1.82, 2.24) is 29.6 Å². The number of rotatable bonds is 2. The highest BCUT2D eigenvalue weighted by atomic mass is 16.2. The lowest BCUT2D eigenvalue weighted by molar-refractivity contribution is 0.0674. The molecule has 0 radical (unpaired) electrons. The van der Waals surface area contributed by atoms with Gasteiger partial charge >= 0.3 is 0 Å². The van der Waals surface area contributed by atoms with Gasteiger partial charge in [-0.3, -0.25) is 24.4 Å². The third-order valence-electron chi connectivity index (χ3n) is 5.55. The predicted octanol–water partition coefficient (Wildman–Crippen LogP) is 3.18. The second-order valence-corrected chi connectivity index (χ2v) is 7.26. The fourth-order valence-electron chi connectivity index (χ4n) is 4.15. The van der Waals surface area contributed by atoms with Gasteiger partial charge in [0.2, 0.25) is 0 Å². The number of hydrogen-bond donors (Lipinski definition) is 0. The zero-order valence-corrected chi connectivity index (χ0v) is 16.3. The van der Waals surface area contributed by atoms with Crippen LogP contribution in [0.1, 0.15) is 34.6 Å². The molecule has 1 aromatic carbocycles. The molecule has 0 N–H and O–H groups in total. The van der Waals surface area contributed by atoms with Crippen molar-refractivity contribution in [1.29, 1.82) is 0 Å². The lowest BCUT2D eigenvalue weighted by atomic mass is 9.95. The van der Waals surface area contributed by atoms with Crippen LogP contribution >= 0.6 is 0 Å². The Kier molecular flexibility index (Phi) is 4.08. The Balaban J connectivity index is 1.49. The van der Waals surface area contributed by atoms with Crippen LogP contribution in [0.15, 0.2) is 55.1 Å². The Labute approximate surface area is 168 Å². The van der Waals surface area contributed by atoms with Gasteiger partial charge in [0.25, 0.3) is 5.91 Å². The van der Waals surface area contributed by atoms with Crippen LogP contribution in [-0.2, 0) is 13.5 Å². The number of benzene rings is 1. The maximum absolute atomic E-state index is 13.3. The van der Waals surface area contributed by atoms with E-state index in [0.29, 0.717) is 12.1 Å². The number of aryl methyl sites for hydroxylation is 1. The molecule has 0 saturated carbocycles. The van der Waals surface area contributed by atoms with Crippen LogP contribution in [0.25, 0.3) is 22.3 Å². The molecule has 0 saturated heterocycles. The fraction of sp³-hybridized carbons (Fsp3) is 0.227. The van der Waals surface area contributed by atoms with E-state index in [9.17, 15) is 4.79 Å². The van der Waals surface area contributed by atoms with Gasteiger partial charge in [0.15, 0.2) is 0 Å². The first kappa shape index (κ1) is 17.5. The topological polar surface area (TPSA) is 76.8 Å². The number of carbonyl (C=O) groups is 1. The Morgan fingerprint density at radius 2 is 1.93 bits per heavy atom. The Bertz CT molecular complexity index is 1220. The lowest BCUT2D eigenvalue weighted by Crippen LogP contribution is -2.38. The van der Waals surface area contributed by atoms with E-state index in [1.807, 2.05) is 60.1 Å². The standard InChI is InChI=1S/C22H20N6O/c1-14-20-17(21(27(2)26-20)16-4-3-8-23-13-16)7-11-28(14)22(29)15-5-6-18-19(12-15)25-10-9-24-18/h3-6,8-10,12-14H,7,11H2,1-2H3. The number of amides is 1. The molecular formula is C22H20N6O. The van der Waals surface area contributed by atoms with Crippen molar-refractivity contribution >= 4 is 16.9 Å². The van der Waals surface area contributed by atoms with Gasteiger partial charge in [-0.1, -0.05) is 0 Å². The van der Waals surface area contributed by atoms with Crippen molar-refractivity contribution in [2.75, 3.05) is 6.54 Å². The van der Waals surface area contributed by atoms with E-state index in [2.05, 4.69) is 15.0 Å². The maximum Gasteiger partial charge on any atom is 0.254 e. The molecule has 7 nitrogen and oxygen atoms in total. The SMILES string of the molecule is CC1c2nn(C)c(-c3cccnc3)c2CCN1C(=O)c1ccc2nccnc2c1. The van der Waals surface area contributed by atoms with Crippen molar-refractivity contribution in [3.63, 3.8) is 0 Å². The molecule has 0 bridgehead atoms. The lowest BCUT2D eigenvalue weighted by Gasteiger charge is -2.33. The summed E-state index contributed by atoms with van der Waals surface area (Å²) < 4.78 is 1.90. The van der Waals surface area contributed by atoms with Crippen molar-refractivity contribution in [3.05, 3.63) is 71.9 Å². The van der Waals surface area contributed by atoms with Gasteiger partial charge in [0.05, 0.1) is 28.5 Å². The molecule has 1 aliphatic rings. The van der Waals surface area contributed by atoms with E-state index in [1.165, 1.54) is 5.56 Å². The third kappa shape index (κ3) is 2.86. The summed E-state index contributed by atoms with van der Waals surface area (Å²) in [6, 6.07) is 9.34. The first-order chi connectivity index (χ1) is 14.1. The minimum atomic E-state index is -0.111. The summed E-state index contributed by atoms with van der Waals surface area (Å²) in [6.45, 7) is 2.68. The van der Waals surface area contributed by atoms with Crippen LogP contribution in [0.2, 0.25) is 0 Å². The van der Waals surface area contributed by atoms with Crippen molar-refractivity contribution in [3.8, 4) is 11.3 Å². The molecule has 1 amide bonds. The highest BCUT2D eigenvalue weighted by Gasteiger charge is 2.33. The Morgan fingerprint density at radius 1 is 1.10 bits per heavy atom. The minimum absolute atomic E-state index is 0.00992. The number of fused-ring (bicyclic) bond motifs is 2. The Hall–Kier alpha value is -3.61. The molecule has 0 fully saturated rings. The first-order valence-electron chi connectivity index (χ1n) is 9.61. The summed E-state index contributed by atoms with van der Waals surface area (Å²) in [5, 5.41) is 4.76. The third-order valence-corrected chi connectivity index (χ3v) is 5.55. The summed E-state index contributed by atoms with van der Waals surface area (Å²) >= 11 is 0. The summed E-state index contributed by atoms with van der Waals surface area (Å²) in [4.78, 5) is 28.0. The van der Waals surface area contributed by atoms with Crippen LogP contribution in [0.5, 0.6) is 0 Å². The van der Waals surface area contributed by atoms with Gasteiger partial charge < -0.3 is 4.90 Å². The monoisotopic (exact) mass is 384 g/mol. The summed E-state index contributed by atoms with van der Waals surface area (Å²) in [5.74, 6) is -0.00992. The highest BCUT2D eigenvalue weighted by molar-refractivity contribution is 5.97. The van der Waals surface area contributed by atoms with Crippen LogP contribution in [0, 0.1) is 0 Å². The van der Waals surface area contributed by atoms with E-state index in [-0.39, 0.29) is 11.9 Å². The molecule has 4 heterocycles. The average molecular weight is 384 g/mol. The predicted molar refractivity (Wildman–Crippen MR) is 109 cm³/mol. The molecule has 144 valence electrons. The smallest absolute Gasteiger partial charge is 0.254 e. The fourth-order valence-corrected chi connectivity index (χ4v) is 4.15. The molecule has 5 rings (SSSR count). The second-order valence-electron chi connectivity index (χ2n) is 7.26. The summed E-state index contributed by atoms with van der Waals surface area (Å²) in [7, 11) is 1.95. The molecule has 3 aromatic heterocycles. The van der Waals surface area contributed by atoms with E-state index >= 15 is 0 Å². The molecule has 1 aliphatic heterocycles. The zero-order chi connectivity index (χ0) is 20.0. The highest BCUT2D eigenvalue weighted by Crippen LogP contribution is 2.35. The first-order valence-corrected chi connectivity index (χ1v) is 9.61. The van der Waals surface area contributed by atoms with E-state index in [4.69, 9.17) is 5.10 Å². The number of carbonyl (C=O) groups excluding carboxylic acids is 1. The van der Waals surface area contributed by atoms with E-state index < -0.39 is 0 Å². The quantitative estimate of drug-likeness (QED) is 0.530. The summed E-state index contributed by atoms with van der Waals surface area (Å²) in [5.41, 5.74) is 6.39.